The normalized spacial score (nSPS) is 11.0. The predicted molar refractivity (Wildman–Crippen MR) is 104 cm³/mol. The van der Waals surface area contributed by atoms with Gasteiger partial charge in [0, 0.05) is 16.5 Å². The molecule has 0 bridgehead atoms. The minimum atomic E-state index is 0.104. The van der Waals surface area contributed by atoms with Crippen LogP contribution in [0.1, 0.15) is 30.3 Å². The molecule has 0 saturated carbocycles. The third-order valence-electron chi connectivity index (χ3n) is 3.87. The molecule has 0 spiro atoms. The van der Waals surface area contributed by atoms with Gasteiger partial charge in [0.15, 0.2) is 11.6 Å². The zero-order chi connectivity index (χ0) is 18.8. The summed E-state index contributed by atoms with van der Waals surface area (Å²) in [5, 5.41) is 2.97. The largest absolute Gasteiger partial charge is 0.496 e. The lowest BCUT2D eigenvalue weighted by Crippen LogP contribution is -2.03. The van der Waals surface area contributed by atoms with Crippen LogP contribution in [-0.4, -0.2) is 22.1 Å². The Kier molecular flexibility index (Phi) is 4.94. The number of nitrogens with zero attached hydrogens (tertiary/aromatic N) is 3. The summed E-state index contributed by atoms with van der Waals surface area (Å²) in [4.78, 5) is 12.5. The van der Waals surface area contributed by atoms with Gasteiger partial charge in [0.05, 0.1) is 24.0 Å². The molecule has 0 aliphatic rings. The summed E-state index contributed by atoms with van der Waals surface area (Å²) in [6.45, 7) is 6.13. The topological polar surface area (TPSA) is 109 Å². The third kappa shape index (κ3) is 3.55. The molecule has 2 aromatic heterocycles. The Labute approximate surface area is 156 Å². The second-order valence-electron chi connectivity index (χ2n) is 6.08. The number of aromatic nitrogens is 3. The van der Waals surface area contributed by atoms with Crippen molar-refractivity contribution in [3.8, 4) is 28.5 Å². The standard InChI is InChI=1S/C18H21N5O2S/c1-9(2)11-5-14(24-4)12(13-8-26-10(3)22-13)6-15(11)25-16-7-21-18(20)23-17(16)19/h5-9H,1-4H3,(H4,19,20,21,23). The number of anilines is 2. The molecule has 0 saturated heterocycles. The smallest absolute Gasteiger partial charge is 0.222 e. The maximum absolute atomic E-state index is 6.04. The summed E-state index contributed by atoms with van der Waals surface area (Å²) in [5.74, 6) is 2.25. The van der Waals surface area contributed by atoms with Gasteiger partial charge in [0.2, 0.25) is 5.95 Å². The molecule has 0 amide bonds. The number of nitrogens with two attached hydrogens (primary N) is 2. The number of rotatable bonds is 5. The van der Waals surface area contributed by atoms with Crippen LogP contribution in [0.25, 0.3) is 11.3 Å². The van der Waals surface area contributed by atoms with Crippen molar-refractivity contribution < 1.29 is 9.47 Å². The Hall–Kier alpha value is -2.87. The first-order chi connectivity index (χ1) is 12.4. The van der Waals surface area contributed by atoms with Gasteiger partial charge in [0.25, 0.3) is 0 Å². The second-order valence-corrected chi connectivity index (χ2v) is 7.14. The summed E-state index contributed by atoms with van der Waals surface area (Å²) in [7, 11) is 1.65. The van der Waals surface area contributed by atoms with E-state index < -0.39 is 0 Å². The van der Waals surface area contributed by atoms with E-state index in [4.69, 9.17) is 20.9 Å². The van der Waals surface area contributed by atoms with Crippen LogP contribution in [0.3, 0.4) is 0 Å². The van der Waals surface area contributed by atoms with Gasteiger partial charge in [-0.2, -0.15) is 4.98 Å². The van der Waals surface area contributed by atoms with Crippen molar-refractivity contribution in [1.29, 1.82) is 0 Å². The number of benzene rings is 1. The first-order valence-corrected chi connectivity index (χ1v) is 8.97. The highest BCUT2D eigenvalue weighted by Crippen LogP contribution is 2.41. The molecule has 0 aliphatic heterocycles. The molecular weight excluding hydrogens is 350 g/mol. The van der Waals surface area contributed by atoms with Crippen LogP contribution in [0, 0.1) is 6.92 Å². The molecule has 0 aliphatic carbocycles. The van der Waals surface area contributed by atoms with Crippen molar-refractivity contribution in [2.45, 2.75) is 26.7 Å². The summed E-state index contributed by atoms with van der Waals surface area (Å²) < 4.78 is 11.6. The lowest BCUT2D eigenvalue weighted by Gasteiger charge is -2.18. The average Bonchev–Trinajstić information content (AvgIpc) is 3.03. The van der Waals surface area contributed by atoms with E-state index in [-0.39, 0.29) is 17.7 Å². The fourth-order valence-electron chi connectivity index (χ4n) is 2.57. The van der Waals surface area contributed by atoms with E-state index in [1.54, 1.807) is 18.4 Å². The van der Waals surface area contributed by atoms with Crippen LogP contribution in [0.4, 0.5) is 11.8 Å². The lowest BCUT2D eigenvalue weighted by atomic mass is 9.98. The molecule has 3 aromatic rings. The Morgan fingerprint density at radius 3 is 2.42 bits per heavy atom. The molecular formula is C18H21N5O2S. The van der Waals surface area contributed by atoms with Gasteiger partial charge < -0.3 is 20.9 Å². The van der Waals surface area contributed by atoms with Gasteiger partial charge in [-0.05, 0) is 25.0 Å². The van der Waals surface area contributed by atoms with Crippen LogP contribution in [0.5, 0.6) is 17.2 Å². The van der Waals surface area contributed by atoms with Crippen molar-refractivity contribution in [2.75, 3.05) is 18.6 Å². The van der Waals surface area contributed by atoms with Crippen molar-refractivity contribution >= 4 is 23.1 Å². The van der Waals surface area contributed by atoms with Gasteiger partial charge in [0.1, 0.15) is 11.5 Å². The third-order valence-corrected chi connectivity index (χ3v) is 4.64. The molecule has 136 valence electrons. The Morgan fingerprint density at radius 1 is 1.08 bits per heavy atom. The van der Waals surface area contributed by atoms with E-state index >= 15 is 0 Å². The van der Waals surface area contributed by atoms with Crippen LogP contribution < -0.4 is 20.9 Å². The Morgan fingerprint density at radius 2 is 1.85 bits per heavy atom. The SMILES string of the molecule is COc1cc(C(C)C)c(Oc2cnc(N)nc2N)cc1-c1csc(C)n1. The van der Waals surface area contributed by atoms with Crippen LogP contribution in [0.15, 0.2) is 23.7 Å². The number of nitrogen functional groups attached to an aromatic ring is 2. The molecule has 8 heteroatoms. The van der Waals surface area contributed by atoms with Crippen LogP contribution in [-0.2, 0) is 0 Å². The quantitative estimate of drug-likeness (QED) is 0.697. The molecule has 0 unspecified atom stereocenters. The monoisotopic (exact) mass is 371 g/mol. The van der Waals surface area contributed by atoms with Gasteiger partial charge in [-0.3, -0.25) is 0 Å². The maximum Gasteiger partial charge on any atom is 0.222 e. The Bertz CT molecular complexity index is 939. The van der Waals surface area contributed by atoms with E-state index in [9.17, 15) is 0 Å². The number of hydrogen-bond donors (Lipinski definition) is 2. The van der Waals surface area contributed by atoms with E-state index in [0.717, 1.165) is 27.6 Å². The highest BCUT2D eigenvalue weighted by atomic mass is 32.1. The van der Waals surface area contributed by atoms with E-state index in [1.165, 1.54) is 6.20 Å². The number of thiazole rings is 1. The molecule has 1 aromatic carbocycles. The first kappa shape index (κ1) is 17.9. The van der Waals surface area contributed by atoms with Gasteiger partial charge in [-0.1, -0.05) is 13.8 Å². The summed E-state index contributed by atoms with van der Waals surface area (Å²) >= 11 is 1.58. The van der Waals surface area contributed by atoms with Crippen molar-refractivity contribution in [3.63, 3.8) is 0 Å². The fourth-order valence-corrected chi connectivity index (χ4v) is 3.18. The summed E-state index contributed by atoms with van der Waals surface area (Å²) in [6, 6.07) is 3.89. The van der Waals surface area contributed by atoms with Gasteiger partial charge in [-0.25, -0.2) is 9.97 Å². The molecule has 4 N–H and O–H groups in total. The van der Waals surface area contributed by atoms with E-state index in [2.05, 4.69) is 28.8 Å². The molecule has 2 heterocycles. The Balaban J connectivity index is 2.12. The molecule has 26 heavy (non-hydrogen) atoms. The van der Waals surface area contributed by atoms with Gasteiger partial charge >= 0.3 is 0 Å². The molecule has 3 rings (SSSR count). The molecule has 0 radical (unpaired) electrons. The minimum absolute atomic E-state index is 0.104. The van der Waals surface area contributed by atoms with Crippen molar-refractivity contribution in [3.05, 3.63) is 34.3 Å². The number of hydrogen-bond acceptors (Lipinski definition) is 8. The van der Waals surface area contributed by atoms with E-state index in [0.29, 0.717) is 11.5 Å². The number of ether oxygens (including phenoxy) is 2. The average molecular weight is 371 g/mol. The molecule has 0 fully saturated rings. The van der Waals surface area contributed by atoms with Gasteiger partial charge in [-0.15, -0.1) is 11.3 Å². The maximum atomic E-state index is 6.04. The zero-order valence-corrected chi connectivity index (χ0v) is 15.9. The molecule has 0 atom stereocenters. The lowest BCUT2D eigenvalue weighted by molar-refractivity contribution is 0.412. The van der Waals surface area contributed by atoms with E-state index in [1.807, 2.05) is 24.4 Å². The minimum Gasteiger partial charge on any atom is -0.496 e. The highest BCUT2D eigenvalue weighted by molar-refractivity contribution is 7.09. The van der Waals surface area contributed by atoms with Crippen LogP contribution >= 0.6 is 11.3 Å². The van der Waals surface area contributed by atoms with Crippen LogP contribution in [0.2, 0.25) is 0 Å². The molecule has 7 nitrogen and oxygen atoms in total. The van der Waals surface area contributed by atoms with Crippen molar-refractivity contribution in [1.82, 2.24) is 15.0 Å². The summed E-state index contributed by atoms with van der Waals surface area (Å²) in [6.07, 6.45) is 1.47. The first-order valence-electron chi connectivity index (χ1n) is 8.09. The highest BCUT2D eigenvalue weighted by Gasteiger charge is 2.18. The van der Waals surface area contributed by atoms with Crippen molar-refractivity contribution in [2.24, 2.45) is 0 Å². The zero-order valence-electron chi connectivity index (χ0n) is 15.1. The summed E-state index contributed by atoms with van der Waals surface area (Å²) in [5.41, 5.74) is 14.1. The number of aryl methyl sites for hydroxylation is 1. The predicted octanol–water partition coefficient (Wildman–Crippen LogP) is 4.00. The second kappa shape index (κ2) is 7.17. The fraction of sp³-hybridized carbons (Fsp3) is 0.278. The number of methoxy groups -OCH3 is 1.